The molecule has 0 fully saturated rings. The van der Waals surface area contributed by atoms with Crippen molar-refractivity contribution in [1.82, 2.24) is 0 Å². The van der Waals surface area contributed by atoms with E-state index in [4.69, 9.17) is 0 Å². The molecule has 0 saturated carbocycles. The molecule has 0 aliphatic rings. The highest BCUT2D eigenvalue weighted by molar-refractivity contribution is 6.39. The Hall–Kier alpha value is -0.455. The lowest BCUT2D eigenvalue weighted by Crippen LogP contribution is -2.02. The van der Waals surface area contributed by atoms with Gasteiger partial charge in [0.05, 0.1) is 0 Å². The molecule has 0 aromatic heterocycles. The molecule has 0 radical (unpaired) electrons. The van der Waals surface area contributed by atoms with Crippen LogP contribution in [0.4, 0.5) is 0 Å². The van der Waals surface area contributed by atoms with E-state index in [1.54, 1.807) is 0 Å². The van der Waals surface area contributed by atoms with Crippen LogP contribution < -0.4 is 0 Å². The summed E-state index contributed by atoms with van der Waals surface area (Å²) in [6.07, 6.45) is 5.65. The van der Waals surface area contributed by atoms with Crippen LogP contribution >= 0.6 is 0 Å². The number of allylic oxidation sites excluding steroid dienone is 2. The summed E-state index contributed by atoms with van der Waals surface area (Å²) in [6.45, 7) is 12.1. The molecule has 1 atom stereocenters. The minimum absolute atomic E-state index is 0.720. The minimum Gasteiger partial charge on any atom is -0.104 e. The third kappa shape index (κ3) is 4.89. The van der Waals surface area contributed by atoms with Gasteiger partial charge in [0.25, 0.3) is 0 Å². The number of hydrogen-bond acceptors (Lipinski definition) is 0. The molecule has 0 aromatic carbocycles. The maximum Gasteiger partial charge on any atom is 0.133 e. The van der Waals surface area contributed by atoms with Crippen molar-refractivity contribution in [2.75, 3.05) is 0 Å². The fraction of sp³-hybridized carbons (Fsp3) is 0.600. The Morgan fingerprint density at radius 2 is 2.27 bits per heavy atom. The standard InChI is InChI=1S/C10H19B/c1-5-7-10(9(3)4)11-8-6-2/h6,10-11H,2-3,5,7-8H2,1,4H3. The Labute approximate surface area is 71.6 Å². The van der Waals surface area contributed by atoms with Gasteiger partial charge in [-0.3, -0.25) is 0 Å². The first-order chi connectivity index (χ1) is 5.22. The molecular formula is C10H19B. The summed E-state index contributed by atoms with van der Waals surface area (Å²) in [5.74, 6) is 0.720. The van der Waals surface area contributed by atoms with Crippen molar-refractivity contribution in [3.8, 4) is 0 Å². The van der Waals surface area contributed by atoms with Gasteiger partial charge < -0.3 is 0 Å². The smallest absolute Gasteiger partial charge is 0.104 e. The zero-order valence-electron chi connectivity index (χ0n) is 7.90. The Bertz CT molecular complexity index is 127. The molecule has 0 aliphatic carbocycles. The van der Waals surface area contributed by atoms with Crippen molar-refractivity contribution in [2.45, 2.75) is 38.8 Å². The summed E-state index contributed by atoms with van der Waals surface area (Å²) in [6, 6.07) is 0. The third-order valence-corrected chi connectivity index (χ3v) is 2.05. The Balaban J connectivity index is 3.68. The zero-order chi connectivity index (χ0) is 8.69. The van der Waals surface area contributed by atoms with Crippen LogP contribution in [0.1, 0.15) is 26.7 Å². The minimum atomic E-state index is 0.720. The molecule has 0 heterocycles. The van der Waals surface area contributed by atoms with Crippen LogP contribution in [-0.2, 0) is 0 Å². The summed E-state index contributed by atoms with van der Waals surface area (Å²) in [5, 5.41) is 0. The molecule has 1 heteroatoms. The van der Waals surface area contributed by atoms with E-state index in [1.165, 1.54) is 25.7 Å². The topological polar surface area (TPSA) is 0 Å². The van der Waals surface area contributed by atoms with Gasteiger partial charge >= 0.3 is 0 Å². The highest BCUT2D eigenvalue weighted by Gasteiger charge is 2.07. The fourth-order valence-electron chi connectivity index (χ4n) is 1.30. The quantitative estimate of drug-likeness (QED) is 0.403. The monoisotopic (exact) mass is 150 g/mol. The van der Waals surface area contributed by atoms with E-state index in [0.29, 0.717) is 0 Å². The normalized spacial score (nSPS) is 12.2. The van der Waals surface area contributed by atoms with Crippen molar-refractivity contribution >= 4 is 7.28 Å². The first kappa shape index (κ1) is 10.5. The molecule has 0 aromatic rings. The highest BCUT2D eigenvalue weighted by atomic mass is 14.0. The maximum absolute atomic E-state index is 3.99. The van der Waals surface area contributed by atoms with Crippen LogP contribution in [-0.4, -0.2) is 7.28 Å². The molecule has 1 unspecified atom stereocenters. The van der Waals surface area contributed by atoms with Crippen molar-refractivity contribution in [2.24, 2.45) is 0 Å². The Kier molecular flexibility index (Phi) is 6.01. The average Bonchev–Trinajstić information content (AvgIpc) is 1.97. The molecule has 0 bridgehead atoms. The van der Waals surface area contributed by atoms with E-state index in [1.807, 2.05) is 6.08 Å². The first-order valence-corrected chi connectivity index (χ1v) is 4.48. The second-order valence-electron chi connectivity index (χ2n) is 3.20. The SMILES string of the molecule is C=CCBC(CCC)C(=C)C. The summed E-state index contributed by atoms with van der Waals surface area (Å²) >= 11 is 0. The third-order valence-electron chi connectivity index (χ3n) is 2.05. The van der Waals surface area contributed by atoms with E-state index >= 15 is 0 Å². The van der Waals surface area contributed by atoms with Crippen LogP contribution in [0.25, 0.3) is 0 Å². The Morgan fingerprint density at radius 3 is 2.64 bits per heavy atom. The maximum atomic E-state index is 3.99. The zero-order valence-corrected chi connectivity index (χ0v) is 7.90. The lowest BCUT2D eigenvalue weighted by atomic mass is 9.58. The van der Waals surface area contributed by atoms with E-state index in [0.717, 1.165) is 12.1 Å². The lowest BCUT2D eigenvalue weighted by Gasteiger charge is -2.13. The number of rotatable bonds is 6. The molecular weight excluding hydrogens is 131 g/mol. The van der Waals surface area contributed by atoms with Crippen molar-refractivity contribution < 1.29 is 0 Å². The van der Waals surface area contributed by atoms with Crippen LogP contribution in [0.2, 0.25) is 12.1 Å². The van der Waals surface area contributed by atoms with Gasteiger partial charge in [0.1, 0.15) is 7.28 Å². The fourth-order valence-corrected chi connectivity index (χ4v) is 1.30. The van der Waals surface area contributed by atoms with E-state index < -0.39 is 0 Å². The van der Waals surface area contributed by atoms with Crippen LogP contribution in [0.15, 0.2) is 24.8 Å². The number of hydrogen-bond donors (Lipinski definition) is 0. The second-order valence-corrected chi connectivity index (χ2v) is 3.20. The average molecular weight is 150 g/mol. The molecule has 62 valence electrons. The summed E-state index contributed by atoms with van der Waals surface area (Å²) in [4.78, 5) is 0. The predicted octanol–water partition coefficient (Wildman–Crippen LogP) is 3.19. The van der Waals surface area contributed by atoms with Crippen molar-refractivity contribution in [3.63, 3.8) is 0 Å². The molecule has 0 saturated heterocycles. The van der Waals surface area contributed by atoms with Gasteiger partial charge in [-0.25, -0.2) is 0 Å². The summed E-state index contributed by atoms with van der Waals surface area (Å²) in [5.41, 5.74) is 1.33. The largest absolute Gasteiger partial charge is 0.133 e. The van der Waals surface area contributed by atoms with E-state index in [2.05, 4.69) is 27.0 Å². The second kappa shape index (κ2) is 6.27. The highest BCUT2D eigenvalue weighted by Crippen LogP contribution is 2.21. The van der Waals surface area contributed by atoms with Crippen molar-refractivity contribution in [3.05, 3.63) is 24.8 Å². The summed E-state index contributed by atoms with van der Waals surface area (Å²) < 4.78 is 0. The van der Waals surface area contributed by atoms with Gasteiger partial charge in [-0.2, -0.15) is 0 Å². The molecule has 0 N–H and O–H groups in total. The molecule has 0 spiro atoms. The van der Waals surface area contributed by atoms with Crippen LogP contribution in [0, 0.1) is 0 Å². The van der Waals surface area contributed by atoms with E-state index in [-0.39, 0.29) is 0 Å². The molecule has 0 nitrogen and oxygen atoms in total. The lowest BCUT2D eigenvalue weighted by molar-refractivity contribution is 0.780. The predicted molar refractivity (Wildman–Crippen MR) is 55.6 cm³/mol. The molecule has 0 amide bonds. The van der Waals surface area contributed by atoms with Gasteiger partial charge in [-0.15, -0.1) is 13.2 Å². The van der Waals surface area contributed by atoms with Gasteiger partial charge in [0.15, 0.2) is 0 Å². The summed E-state index contributed by atoms with van der Waals surface area (Å²) in [7, 11) is 1.23. The Morgan fingerprint density at radius 1 is 1.64 bits per heavy atom. The van der Waals surface area contributed by atoms with Gasteiger partial charge in [0.2, 0.25) is 0 Å². The van der Waals surface area contributed by atoms with Gasteiger partial charge in [-0.1, -0.05) is 37.7 Å². The molecule has 11 heavy (non-hydrogen) atoms. The molecule has 0 rings (SSSR count). The van der Waals surface area contributed by atoms with Gasteiger partial charge in [-0.05, 0) is 12.7 Å². The van der Waals surface area contributed by atoms with Crippen molar-refractivity contribution in [1.29, 1.82) is 0 Å². The van der Waals surface area contributed by atoms with Gasteiger partial charge in [0, 0.05) is 0 Å². The van der Waals surface area contributed by atoms with Crippen LogP contribution in [0.3, 0.4) is 0 Å². The molecule has 0 aliphatic heterocycles. The first-order valence-electron chi connectivity index (χ1n) is 4.48. The van der Waals surface area contributed by atoms with E-state index in [9.17, 15) is 0 Å². The van der Waals surface area contributed by atoms with Crippen LogP contribution in [0.5, 0.6) is 0 Å².